The molecule has 3 N–H and O–H groups in total. The van der Waals surface area contributed by atoms with Crippen molar-refractivity contribution < 1.29 is 80.2 Å². The highest BCUT2D eigenvalue weighted by atomic mass is 31.2. The Balaban J connectivity index is 5.24. The summed E-state index contributed by atoms with van der Waals surface area (Å²) in [6, 6.07) is 0. The van der Waals surface area contributed by atoms with Gasteiger partial charge in [0.1, 0.15) is 19.3 Å². The van der Waals surface area contributed by atoms with Gasteiger partial charge in [0.2, 0.25) is 0 Å². The molecule has 0 aromatic carbocycles. The number of aliphatic hydroxyl groups is 1. The predicted octanol–water partition coefficient (Wildman–Crippen LogP) is 22.6. The van der Waals surface area contributed by atoms with E-state index in [4.69, 9.17) is 37.0 Å². The highest BCUT2D eigenvalue weighted by Gasteiger charge is 2.30. The van der Waals surface area contributed by atoms with E-state index < -0.39 is 97.5 Å². The van der Waals surface area contributed by atoms with Gasteiger partial charge in [-0.05, 0) is 25.7 Å². The minimum atomic E-state index is -4.96. The van der Waals surface area contributed by atoms with Gasteiger partial charge in [-0.15, -0.1) is 0 Å². The molecular formula is C76H148O17P2. The molecule has 17 nitrogen and oxygen atoms in total. The molecule has 5 atom stereocenters. The van der Waals surface area contributed by atoms with Crippen LogP contribution in [-0.2, 0) is 65.4 Å². The van der Waals surface area contributed by atoms with Crippen molar-refractivity contribution in [1.29, 1.82) is 0 Å². The van der Waals surface area contributed by atoms with Gasteiger partial charge in [-0.2, -0.15) is 0 Å². The summed E-state index contributed by atoms with van der Waals surface area (Å²) >= 11 is 0. The molecule has 0 fully saturated rings. The van der Waals surface area contributed by atoms with Crippen LogP contribution >= 0.6 is 15.6 Å². The Morgan fingerprint density at radius 1 is 0.253 bits per heavy atom. The normalized spacial score (nSPS) is 13.9. The van der Waals surface area contributed by atoms with Gasteiger partial charge in [-0.1, -0.05) is 355 Å². The molecule has 0 spiro atoms. The summed E-state index contributed by atoms with van der Waals surface area (Å²) < 4.78 is 68.5. The fourth-order valence-corrected chi connectivity index (χ4v) is 13.3. The summed E-state index contributed by atoms with van der Waals surface area (Å²) in [5.41, 5.74) is 0. The molecular weight excluding hydrogens is 1250 g/mol. The average Bonchev–Trinajstić information content (AvgIpc) is 3.29. The Morgan fingerprint density at radius 3 is 0.621 bits per heavy atom. The van der Waals surface area contributed by atoms with E-state index in [1.807, 2.05) is 0 Å². The molecule has 0 aliphatic rings. The minimum Gasteiger partial charge on any atom is -0.462 e. The van der Waals surface area contributed by atoms with E-state index in [1.165, 1.54) is 238 Å². The van der Waals surface area contributed by atoms with Crippen molar-refractivity contribution in [2.45, 2.75) is 425 Å². The number of phosphoric ester groups is 2. The monoisotopic (exact) mass is 1400 g/mol. The van der Waals surface area contributed by atoms with Gasteiger partial charge < -0.3 is 33.8 Å². The number of aliphatic hydroxyl groups excluding tert-OH is 1. The van der Waals surface area contributed by atoms with Crippen molar-refractivity contribution in [3.8, 4) is 0 Å². The smallest absolute Gasteiger partial charge is 0.462 e. The second-order valence-electron chi connectivity index (χ2n) is 27.4. The third-order valence-electron chi connectivity index (χ3n) is 17.9. The molecule has 0 amide bonds. The second kappa shape index (κ2) is 70.5. The summed E-state index contributed by atoms with van der Waals surface area (Å²) in [5.74, 6) is -2.11. The first-order chi connectivity index (χ1) is 46.2. The zero-order valence-corrected chi connectivity index (χ0v) is 63.4. The van der Waals surface area contributed by atoms with Crippen LogP contribution in [0.1, 0.15) is 407 Å². The molecule has 0 aromatic heterocycles. The molecule has 0 aliphatic heterocycles. The van der Waals surface area contributed by atoms with Crippen molar-refractivity contribution >= 4 is 39.5 Å². The Morgan fingerprint density at radius 2 is 0.421 bits per heavy atom. The molecule has 0 rings (SSSR count). The van der Waals surface area contributed by atoms with E-state index in [2.05, 4.69) is 27.7 Å². The lowest BCUT2D eigenvalue weighted by Crippen LogP contribution is -2.30. The number of carbonyl (C=O) groups excluding carboxylic acids is 4. The molecule has 0 saturated heterocycles. The maximum Gasteiger partial charge on any atom is 0.472 e. The molecule has 0 aliphatic carbocycles. The zero-order chi connectivity index (χ0) is 69.7. The second-order valence-corrected chi connectivity index (χ2v) is 30.3. The van der Waals surface area contributed by atoms with E-state index >= 15 is 0 Å². The van der Waals surface area contributed by atoms with Crippen LogP contribution in [0.2, 0.25) is 0 Å². The third kappa shape index (κ3) is 70.3. The van der Waals surface area contributed by atoms with Crippen molar-refractivity contribution in [3.05, 3.63) is 0 Å². The molecule has 0 bridgehead atoms. The molecule has 0 heterocycles. The molecule has 0 saturated carbocycles. The lowest BCUT2D eigenvalue weighted by Gasteiger charge is -2.21. The van der Waals surface area contributed by atoms with Crippen LogP contribution in [0.25, 0.3) is 0 Å². The highest BCUT2D eigenvalue weighted by molar-refractivity contribution is 7.47. The number of ether oxygens (including phenoxy) is 4. The van der Waals surface area contributed by atoms with Crippen LogP contribution in [0.15, 0.2) is 0 Å². The van der Waals surface area contributed by atoms with Gasteiger partial charge in [0.15, 0.2) is 12.2 Å². The van der Waals surface area contributed by atoms with Crippen molar-refractivity contribution in [2.75, 3.05) is 39.6 Å². The van der Waals surface area contributed by atoms with Gasteiger partial charge in [0.25, 0.3) is 0 Å². The van der Waals surface area contributed by atoms with Crippen molar-refractivity contribution in [3.63, 3.8) is 0 Å². The molecule has 2 unspecified atom stereocenters. The van der Waals surface area contributed by atoms with Crippen LogP contribution in [0.3, 0.4) is 0 Å². The number of phosphoric acid groups is 2. The van der Waals surface area contributed by atoms with Crippen LogP contribution in [0.4, 0.5) is 0 Å². The fourth-order valence-electron chi connectivity index (χ4n) is 11.8. The van der Waals surface area contributed by atoms with Gasteiger partial charge in [0, 0.05) is 25.7 Å². The summed E-state index contributed by atoms with van der Waals surface area (Å²) in [6.45, 7) is 5.00. The molecule has 0 radical (unpaired) electrons. The number of unbranched alkanes of at least 4 members (excludes halogenated alkanes) is 51. The average molecular weight is 1400 g/mol. The first-order valence-corrected chi connectivity index (χ1v) is 42.8. The number of esters is 4. The minimum absolute atomic E-state index is 0.109. The van der Waals surface area contributed by atoms with Gasteiger partial charge in [-0.3, -0.25) is 37.3 Å². The largest absolute Gasteiger partial charge is 0.472 e. The summed E-state index contributed by atoms with van der Waals surface area (Å²) in [4.78, 5) is 72.8. The molecule has 0 aromatic rings. The summed E-state index contributed by atoms with van der Waals surface area (Å²) in [5, 5.41) is 10.6. The summed E-state index contributed by atoms with van der Waals surface area (Å²) in [6.07, 6.45) is 60.8. The van der Waals surface area contributed by atoms with Crippen molar-refractivity contribution in [2.24, 2.45) is 0 Å². The Hall–Kier alpha value is -1.94. The topological polar surface area (TPSA) is 237 Å². The Kier molecular flexibility index (Phi) is 69.1. The van der Waals surface area contributed by atoms with E-state index in [-0.39, 0.29) is 25.7 Å². The van der Waals surface area contributed by atoms with Crippen LogP contribution in [0, 0.1) is 0 Å². The Bertz CT molecular complexity index is 1810. The maximum atomic E-state index is 13.1. The standard InChI is InChI=1S/C76H148O17P2/c1-5-9-13-17-21-25-29-32-35-38-41-45-49-53-57-61-74(79)87-67-72(93-76(81)63-59-55-51-47-43-40-37-34-31-27-23-19-15-11-7-3)69-91-95(84,85)89-65-70(77)64-88-94(82,83)90-68-71(66-86-73(78)60-56-52-48-44-28-24-20-16-12-8-4)92-75(80)62-58-54-50-46-42-39-36-33-30-26-22-18-14-10-6-2/h70-72,77H,5-69H2,1-4H3,(H,82,83)(H,84,85)/t70-,71+,72+/m0/s1. The lowest BCUT2D eigenvalue weighted by atomic mass is 10.0. The zero-order valence-electron chi connectivity index (χ0n) is 61.6. The quantitative estimate of drug-likeness (QED) is 0.0222. The van der Waals surface area contributed by atoms with E-state index in [9.17, 15) is 43.2 Å². The van der Waals surface area contributed by atoms with E-state index in [0.29, 0.717) is 25.7 Å². The van der Waals surface area contributed by atoms with Crippen LogP contribution in [-0.4, -0.2) is 96.7 Å². The fraction of sp³-hybridized carbons (Fsp3) is 0.947. The van der Waals surface area contributed by atoms with Crippen molar-refractivity contribution in [1.82, 2.24) is 0 Å². The van der Waals surface area contributed by atoms with Crippen LogP contribution < -0.4 is 0 Å². The third-order valence-corrected chi connectivity index (χ3v) is 19.8. The van der Waals surface area contributed by atoms with Gasteiger partial charge >= 0.3 is 39.5 Å². The number of rotatable bonds is 77. The molecule has 95 heavy (non-hydrogen) atoms. The lowest BCUT2D eigenvalue weighted by molar-refractivity contribution is -0.161. The van der Waals surface area contributed by atoms with Gasteiger partial charge in [0.05, 0.1) is 26.4 Å². The Labute approximate surface area is 581 Å². The summed E-state index contributed by atoms with van der Waals surface area (Å²) in [7, 11) is -9.91. The van der Waals surface area contributed by atoms with E-state index in [0.717, 1.165) is 89.9 Å². The predicted molar refractivity (Wildman–Crippen MR) is 386 cm³/mol. The first-order valence-electron chi connectivity index (χ1n) is 39.8. The number of carbonyl (C=O) groups is 4. The first kappa shape index (κ1) is 93.1. The number of hydrogen-bond acceptors (Lipinski definition) is 15. The number of hydrogen-bond donors (Lipinski definition) is 3. The van der Waals surface area contributed by atoms with E-state index in [1.54, 1.807) is 0 Å². The van der Waals surface area contributed by atoms with Crippen LogP contribution in [0.5, 0.6) is 0 Å². The maximum absolute atomic E-state index is 13.1. The highest BCUT2D eigenvalue weighted by Crippen LogP contribution is 2.45. The SMILES string of the molecule is CCCCCCCCCCCCCCCCCC(=O)OC[C@H](COP(=O)(O)OC[C@@H](O)COP(=O)(O)OC[C@@H](COC(=O)CCCCCCCCCCCC)OC(=O)CCCCCCCCCCCCCCCCC)OC(=O)CCCCCCCCCCCCCCCCC. The molecule has 564 valence electrons. The van der Waals surface area contributed by atoms with Gasteiger partial charge in [-0.25, -0.2) is 9.13 Å². The molecule has 19 heteroatoms.